The van der Waals surface area contributed by atoms with Crippen molar-refractivity contribution in [1.29, 1.82) is 0 Å². The summed E-state index contributed by atoms with van der Waals surface area (Å²) in [7, 11) is 3.89. The van der Waals surface area contributed by atoms with Crippen molar-refractivity contribution in [3.8, 4) is 0 Å². The van der Waals surface area contributed by atoms with Crippen LogP contribution >= 0.6 is 0 Å². The zero-order valence-corrected chi connectivity index (χ0v) is 12.3. The molecule has 0 aliphatic rings. The van der Waals surface area contributed by atoms with Gasteiger partial charge in [-0.15, -0.1) is 0 Å². The van der Waals surface area contributed by atoms with Gasteiger partial charge in [0.2, 0.25) is 0 Å². The number of carbonyl (C=O) groups excluding carboxylic acids is 1. The first-order valence-corrected chi connectivity index (χ1v) is 6.53. The van der Waals surface area contributed by atoms with Gasteiger partial charge in [0.15, 0.2) is 0 Å². The predicted molar refractivity (Wildman–Crippen MR) is 84.3 cm³/mol. The number of rotatable bonds is 3. The Bertz CT molecular complexity index is 683. The molecule has 1 amide bonds. The molecule has 0 aromatic heterocycles. The van der Waals surface area contributed by atoms with Crippen LogP contribution < -0.4 is 16.0 Å². The fourth-order valence-electron chi connectivity index (χ4n) is 1.98. The highest BCUT2D eigenvalue weighted by Gasteiger charge is 2.12. The van der Waals surface area contributed by atoms with E-state index in [9.17, 15) is 9.18 Å². The molecule has 3 N–H and O–H groups in total. The molecule has 21 heavy (non-hydrogen) atoms. The monoisotopic (exact) mass is 287 g/mol. The SMILES string of the molecule is Cc1cc(N(C)C)ccc1NC(=O)c1cc(F)ccc1N. The van der Waals surface area contributed by atoms with Crippen LogP contribution in [0, 0.1) is 12.7 Å². The molecule has 0 aliphatic carbocycles. The number of hydrogen-bond donors (Lipinski definition) is 2. The molecule has 0 fully saturated rings. The molecule has 0 aliphatic heterocycles. The molecular formula is C16H18FN3O. The first kappa shape index (κ1) is 14.8. The molecule has 0 heterocycles. The van der Waals surface area contributed by atoms with Crippen LogP contribution in [0.25, 0.3) is 0 Å². The fraction of sp³-hybridized carbons (Fsp3) is 0.188. The Balaban J connectivity index is 2.25. The highest BCUT2D eigenvalue weighted by atomic mass is 19.1. The minimum atomic E-state index is -0.492. The highest BCUT2D eigenvalue weighted by molar-refractivity contribution is 6.08. The summed E-state index contributed by atoms with van der Waals surface area (Å²) in [6.45, 7) is 1.90. The Labute approximate surface area is 123 Å². The summed E-state index contributed by atoms with van der Waals surface area (Å²) in [5.74, 6) is -0.915. The zero-order valence-electron chi connectivity index (χ0n) is 12.3. The van der Waals surface area contributed by atoms with Gasteiger partial charge in [0.1, 0.15) is 5.82 Å². The van der Waals surface area contributed by atoms with E-state index in [4.69, 9.17) is 5.73 Å². The Morgan fingerprint density at radius 3 is 2.52 bits per heavy atom. The van der Waals surface area contributed by atoms with Crippen LogP contribution in [-0.2, 0) is 0 Å². The summed E-state index contributed by atoms with van der Waals surface area (Å²) in [5, 5.41) is 2.76. The molecule has 0 spiro atoms. The molecule has 2 aromatic rings. The average Bonchev–Trinajstić information content (AvgIpc) is 2.43. The van der Waals surface area contributed by atoms with Crippen molar-refractivity contribution in [2.24, 2.45) is 0 Å². The number of amides is 1. The summed E-state index contributed by atoms with van der Waals surface area (Å²) < 4.78 is 13.2. The molecule has 0 unspecified atom stereocenters. The minimum Gasteiger partial charge on any atom is -0.398 e. The van der Waals surface area contributed by atoms with E-state index >= 15 is 0 Å². The van der Waals surface area contributed by atoms with Crippen molar-refractivity contribution in [3.05, 3.63) is 53.3 Å². The molecule has 0 bridgehead atoms. The van der Waals surface area contributed by atoms with Gasteiger partial charge < -0.3 is 16.0 Å². The largest absolute Gasteiger partial charge is 0.398 e. The van der Waals surface area contributed by atoms with E-state index in [1.807, 2.05) is 44.1 Å². The summed E-state index contributed by atoms with van der Waals surface area (Å²) in [5.41, 5.74) is 8.72. The second kappa shape index (κ2) is 5.83. The number of nitrogens with one attached hydrogen (secondary N) is 1. The van der Waals surface area contributed by atoms with E-state index in [0.29, 0.717) is 5.69 Å². The molecule has 0 saturated heterocycles. The molecule has 5 heteroatoms. The standard InChI is InChI=1S/C16H18FN3O/c1-10-8-12(20(2)3)5-7-15(10)19-16(21)13-9-11(17)4-6-14(13)18/h4-9H,18H2,1-3H3,(H,19,21). The number of nitrogens with two attached hydrogens (primary N) is 1. The molecule has 2 aromatic carbocycles. The van der Waals surface area contributed by atoms with Crippen LogP contribution in [0.2, 0.25) is 0 Å². The van der Waals surface area contributed by atoms with Gasteiger partial charge in [0, 0.05) is 31.2 Å². The summed E-state index contributed by atoms with van der Waals surface area (Å²) in [6, 6.07) is 9.42. The first-order valence-electron chi connectivity index (χ1n) is 6.53. The number of nitrogen functional groups attached to an aromatic ring is 1. The molecular weight excluding hydrogens is 269 g/mol. The number of halogens is 1. The lowest BCUT2D eigenvalue weighted by Crippen LogP contribution is -2.15. The molecule has 0 atom stereocenters. The summed E-state index contributed by atoms with van der Waals surface area (Å²) in [6.07, 6.45) is 0. The van der Waals surface area contributed by atoms with Crippen LogP contribution in [-0.4, -0.2) is 20.0 Å². The number of aryl methyl sites for hydroxylation is 1. The van der Waals surface area contributed by atoms with Gasteiger partial charge in [-0.25, -0.2) is 4.39 Å². The number of benzene rings is 2. The van der Waals surface area contributed by atoms with Crippen LogP contribution in [0.3, 0.4) is 0 Å². The van der Waals surface area contributed by atoms with Crippen molar-refractivity contribution in [3.63, 3.8) is 0 Å². The van der Waals surface area contributed by atoms with E-state index in [1.54, 1.807) is 0 Å². The van der Waals surface area contributed by atoms with Gasteiger partial charge in [-0.05, 0) is 48.9 Å². The number of carbonyl (C=O) groups is 1. The maximum atomic E-state index is 13.2. The maximum Gasteiger partial charge on any atom is 0.257 e. The summed E-state index contributed by atoms with van der Waals surface area (Å²) >= 11 is 0. The lowest BCUT2D eigenvalue weighted by atomic mass is 10.1. The van der Waals surface area contributed by atoms with Crippen LogP contribution in [0.4, 0.5) is 21.5 Å². The van der Waals surface area contributed by atoms with Gasteiger partial charge in [-0.2, -0.15) is 0 Å². The number of hydrogen-bond acceptors (Lipinski definition) is 3. The molecule has 0 radical (unpaired) electrons. The van der Waals surface area contributed by atoms with E-state index in [1.165, 1.54) is 12.1 Å². The van der Waals surface area contributed by atoms with Crippen molar-refractivity contribution in [2.75, 3.05) is 30.0 Å². The van der Waals surface area contributed by atoms with Crippen molar-refractivity contribution in [2.45, 2.75) is 6.92 Å². The Morgan fingerprint density at radius 1 is 1.19 bits per heavy atom. The number of nitrogens with zero attached hydrogens (tertiary/aromatic N) is 1. The topological polar surface area (TPSA) is 58.4 Å². The normalized spacial score (nSPS) is 10.3. The Hall–Kier alpha value is -2.56. The fourth-order valence-corrected chi connectivity index (χ4v) is 1.98. The second-order valence-corrected chi connectivity index (χ2v) is 5.08. The minimum absolute atomic E-state index is 0.131. The van der Waals surface area contributed by atoms with E-state index < -0.39 is 11.7 Å². The molecule has 110 valence electrons. The zero-order chi connectivity index (χ0) is 15.6. The first-order chi connectivity index (χ1) is 9.88. The third-order valence-electron chi connectivity index (χ3n) is 3.23. The molecule has 2 rings (SSSR count). The van der Waals surface area contributed by atoms with Crippen LogP contribution in [0.15, 0.2) is 36.4 Å². The molecule has 0 saturated carbocycles. The van der Waals surface area contributed by atoms with E-state index in [-0.39, 0.29) is 11.3 Å². The van der Waals surface area contributed by atoms with E-state index in [0.717, 1.165) is 17.3 Å². The van der Waals surface area contributed by atoms with Gasteiger partial charge in [0.25, 0.3) is 5.91 Å². The Kier molecular flexibility index (Phi) is 4.12. The van der Waals surface area contributed by atoms with Crippen LogP contribution in [0.5, 0.6) is 0 Å². The van der Waals surface area contributed by atoms with Gasteiger partial charge in [-0.1, -0.05) is 0 Å². The quantitative estimate of drug-likeness (QED) is 0.853. The second-order valence-electron chi connectivity index (χ2n) is 5.08. The maximum absolute atomic E-state index is 13.2. The van der Waals surface area contributed by atoms with Crippen molar-refractivity contribution >= 4 is 23.0 Å². The lowest BCUT2D eigenvalue weighted by Gasteiger charge is -2.16. The van der Waals surface area contributed by atoms with Crippen LogP contribution in [0.1, 0.15) is 15.9 Å². The Morgan fingerprint density at radius 2 is 1.90 bits per heavy atom. The average molecular weight is 287 g/mol. The van der Waals surface area contributed by atoms with Gasteiger partial charge in [-0.3, -0.25) is 4.79 Å². The van der Waals surface area contributed by atoms with Gasteiger partial charge in [0.05, 0.1) is 5.56 Å². The summed E-state index contributed by atoms with van der Waals surface area (Å²) in [4.78, 5) is 14.2. The van der Waals surface area contributed by atoms with Crippen molar-refractivity contribution < 1.29 is 9.18 Å². The number of anilines is 3. The van der Waals surface area contributed by atoms with E-state index in [2.05, 4.69) is 5.32 Å². The molecule has 4 nitrogen and oxygen atoms in total. The lowest BCUT2D eigenvalue weighted by molar-refractivity contribution is 0.102. The predicted octanol–water partition coefficient (Wildman–Crippen LogP) is 3.03. The smallest absolute Gasteiger partial charge is 0.257 e. The third kappa shape index (κ3) is 3.31. The third-order valence-corrected chi connectivity index (χ3v) is 3.23. The van der Waals surface area contributed by atoms with Gasteiger partial charge >= 0.3 is 0 Å². The van der Waals surface area contributed by atoms with Crippen molar-refractivity contribution in [1.82, 2.24) is 0 Å². The highest BCUT2D eigenvalue weighted by Crippen LogP contribution is 2.23.